The van der Waals surface area contributed by atoms with Gasteiger partial charge in [-0.25, -0.2) is 0 Å². The molecule has 0 saturated carbocycles. The third-order valence-corrected chi connectivity index (χ3v) is 2.93. The molecule has 0 aromatic carbocycles. The largest absolute Gasteiger partial charge is 0.393 e. The van der Waals surface area contributed by atoms with Gasteiger partial charge in [0.25, 0.3) is 0 Å². The summed E-state index contributed by atoms with van der Waals surface area (Å²) in [6.45, 7) is 3.78. The lowest BCUT2D eigenvalue weighted by atomic mass is 9.98. The number of amides is 1. The van der Waals surface area contributed by atoms with Gasteiger partial charge in [-0.2, -0.15) is 0 Å². The number of aliphatic hydroxyl groups is 2. The highest BCUT2D eigenvalue weighted by Gasteiger charge is 2.33. The molecule has 0 spiro atoms. The van der Waals surface area contributed by atoms with E-state index in [-0.39, 0.29) is 31.1 Å². The molecule has 94 valence electrons. The molecule has 0 aromatic heterocycles. The average Bonchev–Trinajstić information content (AvgIpc) is 2.74. The molecular weight excluding hydrogens is 210 g/mol. The Balaban J connectivity index is 2.40. The number of hydrogen-bond donors (Lipinski definition) is 3. The van der Waals surface area contributed by atoms with Gasteiger partial charge in [0.15, 0.2) is 0 Å². The Kier molecular flexibility index (Phi) is 4.70. The van der Waals surface area contributed by atoms with Gasteiger partial charge in [-0.15, -0.1) is 0 Å². The van der Waals surface area contributed by atoms with Gasteiger partial charge in [0.1, 0.15) is 5.60 Å². The lowest BCUT2D eigenvalue weighted by Crippen LogP contribution is -2.46. The molecule has 1 heterocycles. The van der Waals surface area contributed by atoms with Gasteiger partial charge in [-0.05, 0) is 19.8 Å². The molecule has 3 unspecified atom stereocenters. The minimum absolute atomic E-state index is 0.0147. The van der Waals surface area contributed by atoms with Crippen LogP contribution in [0, 0.1) is 5.92 Å². The molecule has 0 radical (unpaired) electrons. The van der Waals surface area contributed by atoms with Gasteiger partial charge in [-0.3, -0.25) is 4.79 Å². The van der Waals surface area contributed by atoms with Crippen LogP contribution in [0.1, 0.15) is 26.7 Å². The second kappa shape index (κ2) is 5.61. The third-order valence-electron chi connectivity index (χ3n) is 2.93. The van der Waals surface area contributed by atoms with Crippen LogP contribution in [0.2, 0.25) is 0 Å². The highest BCUT2D eigenvalue weighted by molar-refractivity contribution is 5.79. The maximum absolute atomic E-state index is 11.8. The van der Waals surface area contributed by atoms with Crippen molar-refractivity contribution in [3.63, 3.8) is 0 Å². The van der Waals surface area contributed by atoms with Crippen LogP contribution in [-0.2, 0) is 9.53 Å². The summed E-state index contributed by atoms with van der Waals surface area (Å²) < 4.78 is 5.42. The summed E-state index contributed by atoms with van der Waals surface area (Å²) in [5, 5.41) is 21.0. The van der Waals surface area contributed by atoms with Crippen molar-refractivity contribution in [3.05, 3.63) is 0 Å². The predicted octanol–water partition coefficient (Wildman–Crippen LogP) is -0.339. The topological polar surface area (TPSA) is 78.8 Å². The molecule has 1 fully saturated rings. The third kappa shape index (κ3) is 3.43. The van der Waals surface area contributed by atoms with E-state index >= 15 is 0 Å². The quantitative estimate of drug-likeness (QED) is 0.605. The number of aliphatic hydroxyl groups excluding tert-OH is 1. The molecule has 1 aliphatic heterocycles. The highest BCUT2D eigenvalue weighted by atomic mass is 16.5. The molecule has 0 aliphatic carbocycles. The minimum Gasteiger partial charge on any atom is -0.393 e. The Morgan fingerprint density at radius 1 is 1.62 bits per heavy atom. The lowest BCUT2D eigenvalue weighted by Gasteiger charge is -2.23. The highest BCUT2D eigenvalue weighted by Crippen LogP contribution is 2.23. The molecule has 5 heteroatoms. The van der Waals surface area contributed by atoms with E-state index in [1.807, 2.05) is 6.92 Å². The van der Waals surface area contributed by atoms with Crippen molar-refractivity contribution in [2.24, 2.45) is 5.92 Å². The Morgan fingerprint density at radius 3 is 2.88 bits per heavy atom. The molecular formula is C11H21NO4. The van der Waals surface area contributed by atoms with Crippen molar-refractivity contribution in [2.45, 2.75) is 38.4 Å². The van der Waals surface area contributed by atoms with E-state index in [1.165, 1.54) is 6.92 Å². The predicted molar refractivity (Wildman–Crippen MR) is 58.9 cm³/mol. The zero-order valence-electron chi connectivity index (χ0n) is 9.90. The molecule has 1 rings (SSSR count). The molecule has 16 heavy (non-hydrogen) atoms. The normalized spacial score (nSPS) is 28.8. The monoisotopic (exact) mass is 231 g/mol. The van der Waals surface area contributed by atoms with Crippen LogP contribution in [0.4, 0.5) is 0 Å². The van der Waals surface area contributed by atoms with E-state index in [2.05, 4.69) is 5.32 Å². The van der Waals surface area contributed by atoms with E-state index in [1.54, 1.807) is 0 Å². The van der Waals surface area contributed by atoms with Gasteiger partial charge in [-0.1, -0.05) is 6.92 Å². The van der Waals surface area contributed by atoms with Gasteiger partial charge < -0.3 is 20.3 Å². The first-order valence-corrected chi connectivity index (χ1v) is 5.72. The lowest BCUT2D eigenvalue weighted by molar-refractivity contribution is -0.128. The second-order valence-corrected chi connectivity index (χ2v) is 4.59. The fourth-order valence-electron chi connectivity index (χ4n) is 1.82. The van der Waals surface area contributed by atoms with Crippen LogP contribution < -0.4 is 5.32 Å². The van der Waals surface area contributed by atoms with E-state index in [0.29, 0.717) is 6.61 Å². The van der Waals surface area contributed by atoms with E-state index in [9.17, 15) is 9.90 Å². The van der Waals surface area contributed by atoms with Crippen LogP contribution in [0.25, 0.3) is 0 Å². The minimum atomic E-state index is -1.25. The smallest absolute Gasteiger partial charge is 0.225 e. The molecule has 1 amide bonds. The number of carbonyl (C=O) groups is 1. The number of ether oxygens (including phenoxy) is 1. The first kappa shape index (κ1) is 13.4. The summed E-state index contributed by atoms with van der Waals surface area (Å²) in [5.41, 5.74) is -1.25. The Labute approximate surface area is 95.8 Å². The first-order valence-electron chi connectivity index (χ1n) is 5.72. The van der Waals surface area contributed by atoms with Crippen LogP contribution in [0.15, 0.2) is 0 Å². The first-order chi connectivity index (χ1) is 7.50. The summed E-state index contributed by atoms with van der Waals surface area (Å²) in [5.74, 6) is -0.224. The van der Waals surface area contributed by atoms with Crippen molar-refractivity contribution in [1.29, 1.82) is 0 Å². The molecule has 3 N–H and O–H groups in total. The zero-order chi connectivity index (χ0) is 12.2. The van der Waals surface area contributed by atoms with Crippen molar-refractivity contribution >= 4 is 5.91 Å². The molecule has 3 atom stereocenters. The summed E-state index contributed by atoms with van der Waals surface area (Å²) in [6, 6.07) is 0. The molecule has 1 saturated heterocycles. The number of rotatable bonds is 5. The van der Waals surface area contributed by atoms with E-state index in [4.69, 9.17) is 9.84 Å². The summed E-state index contributed by atoms with van der Waals surface area (Å²) in [7, 11) is 0. The van der Waals surface area contributed by atoms with Crippen molar-refractivity contribution < 1.29 is 19.7 Å². The second-order valence-electron chi connectivity index (χ2n) is 4.59. The standard InChI is InChI=1S/C11H21NO4/c1-3-9-8(4-5-16-9)10(14)12-6-11(2,15)7-13/h8-9,13,15H,3-7H2,1-2H3,(H,12,14). The Morgan fingerprint density at radius 2 is 2.31 bits per heavy atom. The maximum Gasteiger partial charge on any atom is 0.225 e. The molecule has 0 bridgehead atoms. The van der Waals surface area contributed by atoms with Crippen molar-refractivity contribution in [3.8, 4) is 0 Å². The summed E-state index contributed by atoms with van der Waals surface area (Å²) in [4.78, 5) is 11.8. The Bertz CT molecular complexity index is 242. The van der Waals surface area contributed by atoms with Crippen LogP contribution in [0.5, 0.6) is 0 Å². The number of nitrogens with one attached hydrogen (secondary N) is 1. The maximum atomic E-state index is 11.8. The van der Waals surface area contributed by atoms with Gasteiger partial charge in [0.2, 0.25) is 5.91 Å². The van der Waals surface area contributed by atoms with Crippen molar-refractivity contribution in [1.82, 2.24) is 5.32 Å². The van der Waals surface area contributed by atoms with Gasteiger partial charge in [0.05, 0.1) is 18.6 Å². The SMILES string of the molecule is CCC1OCCC1C(=O)NCC(C)(O)CO. The molecule has 0 aromatic rings. The van der Waals surface area contributed by atoms with Gasteiger partial charge >= 0.3 is 0 Å². The van der Waals surface area contributed by atoms with E-state index < -0.39 is 5.60 Å². The fraction of sp³-hybridized carbons (Fsp3) is 0.909. The van der Waals surface area contributed by atoms with E-state index in [0.717, 1.165) is 12.8 Å². The molecule has 5 nitrogen and oxygen atoms in total. The van der Waals surface area contributed by atoms with Crippen molar-refractivity contribution in [2.75, 3.05) is 19.8 Å². The van der Waals surface area contributed by atoms with Crippen LogP contribution in [-0.4, -0.2) is 47.6 Å². The van der Waals surface area contributed by atoms with Crippen LogP contribution in [0.3, 0.4) is 0 Å². The Hall–Kier alpha value is -0.650. The number of carbonyl (C=O) groups excluding carboxylic acids is 1. The number of hydrogen-bond acceptors (Lipinski definition) is 4. The van der Waals surface area contributed by atoms with Gasteiger partial charge in [0, 0.05) is 13.2 Å². The van der Waals surface area contributed by atoms with Crippen LogP contribution >= 0.6 is 0 Å². The summed E-state index contributed by atoms with van der Waals surface area (Å²) in [6.07, 6.45) is 1.53. The summed E-state index contributed by atoms with van der Waals surface area (Å²) >= 11 is 0. The average molecular weight is 231 g/mol. The zero-order valence-corrected chi connectivity index (χ0v) is 9.90. The molecule has 1 aliphatic rings. The fourth-order valence-corrected chi connectivity index (χ4v) is 1.82.